The van der Waals surface area contributed by atoms with E-state index in [1.165, 1.54) is 4.90 Å². The number of hydrogen-bond acceptors (Lipinski definition) is 6. The molecule has 35 heavy (non-hydrogen) atoms. The molecule has 3 aliphatic rings. The van der Waals surface area contributed by atoms with Crippen molar-refractivity contribution in [1.29, 1.82) is 0 Å². The van der Waals surface area contributed by atoms with E-state index in [0.29, 0.717) is 37.1 Å². The molecule has 192 valence electrons. The third-order valence-corrected chi connectivity index (χ3v) is 8.10. The minimum Gasteiger partial charge on any atom is -0.497 e. The van der Waals surface area contributed by atoms with Crippen molar-refractivity contribution in [1.82, 2.24) is 10.2 Å². The van der Waals surface area contributed by atoms with E-state index in [1.807, 2.05) is 20.8 Å². The van der Waals surface area contributed by atoms with Crippen molar-refractivity contribution in [2.24, 2.45) is 17.8 Å². The summed E-state index contributed by atoms with van der Waals surface area (Å²) in [6.07, 6.45) is 2.20. The van der Waals surface area contributed by atoms with Crippen molar-refractivity contribution in [2.75, 3.05) is 26.1 Å². The molecule has 3 fully saturated rings. The first-order valence-corrected chi connectivity index (χ1v) is 12.5. The van der Waals surface area contributed by atoms with Gasteiger partial charge < -0.3 is 30.1 Å². The molecule has 0 aliphatic carbocycles. The number of likely N-dealkylation sites (tertiary alicyclic amines) is 1. The van der Waals surface area contributed by atoms with Crippen molar-refractivity contribution in [3.63, 3.8) is 0 Å². The Morgan fingerprint density at radius 3 is 2.46 bits per heavy atom. The Labute approximate surface area is 206 Å². The zero-order valence-corrected chi connectivity index (χ0v) is 21.2. The van der Waals surface area contributed by atoms with Gasteiger partial charge in [-0.25, -0.2) is 0 Å². The minimum atomic E-state index is -1.12. The number of fused-ring (bicyclic) bond motifs is 1. The maximum atomic E-state index is 14.1. The Morgan fingerprint density at radius 1 is 1.23 bits per heavy atom. The van der Waals surface area contributed by atoms with Crippen LogP contribution in [0, 0.1) is 17.8 Å². The molecule has 1 spiro atoms. The van der Waals surface area contributed by atoms with Gasteiger partial charge >= 0.3 is 0 Å². The molecule has 3 heterocycles. The monoisotopic (exact) mass is 487 g/mol. The third kappa shape index (κ3) is 3.89. The van der Waals surface area contributed by atoms with Crippen LogP contribution < -0.4 is 15.4 Å². The Kier molecular flexibility index (Phi) is 6.85. The first-order chi connectivity index (χ1) is 16.7. The lowest BCUT2D eigenvalue weighted by Gasteiger charge is -2.37. The van der Waals surface area contributed by atoms with Gasteiger partial charge in [0.1, 0.15) is 17.4 Å². The van der Waals surface area contributed by atoms with Gasteiger partial charge in [-0.1, -0.05) is 20.8 Å². The molecule has 2 bridgehead atoms. The predicted octanol–water partition coefficient (Wildman–Crippen LogP) is 1.94. The van der Waals surface area contributed by atoms with Crippen LogP contribution in [0.4, 0.5) is 5.69 Å². The first-order valence-electron chi connectivity index (χ1n) is 12.5. The molecule has 4 rings (SSSR count). The highest BCUT2D eigenvalue weighted by atomic mass is 16.5. The van der Waals surface area contributed by atoms with E-state index in [1.54, 1.807) is 38.4 Å². The van der Waals surface area contributed by atoms with Gasteiger partial charge in [0.2, 0.25) is 17.7 Å². The van der Waals surface area contributed by atoms with Crippen LogP contribution >= 0.6 is 0 Å². The molecule has 0 aromatic heterocycles. The zero-order valence-electron chi connectivity index (χ0n) is 21.2. The third-order valence-electron chi connectivity index (χ3n) is 8.10. The lowest BCUT2D eigenvalue weighted by Crippen LogP contribution is -2.56. The Hall–Kier alpha value is -2.65. The molecule has 1 aromatic rings. The van der Waals surface area contributed by atoms with Crippen LogP contribution in [0.5, 0.6) is 5.75 Å². The number of anilines is 1. The number of carbonyl (C=O) groups excluding carboxylic acids is 3. The highest BCUT2D eigenvalue weighted by Gasteiger charge is 2.79. The molecule has 0 radical (unpaired) electrons. The number of amides is 3. The number of nitrogens with zero attached hydrogens (tertiary/aromatic N) is 1. The van der Waals surface area contributed by atoms with Crippen molar-refractivity contribution in [2.45, 2.75) is 69.7 Å². The molecule has 1 aromatic carbocycles. The van der Waals surface area contributed by atoms with E-state index in [-0.39, 0.29) is 30.2 Å². The van der Waals surface area contributed by atoms with Crippen molar-refractivity contribution in [3.05, 3.63) is 24.3 Å². The van der Waals surface area contributed by atoms with Gasteiger partial charge in [-0.2, -0.15) is 0 Å². The second-order valence-corrected chi connectivity index (χ2v) is 10.4. The van der Waals surface area contributed by atoms with E-state index in [0.717, 1.165) is 0 Å². The lowest BCUT2D eigenvalue weighted by atomic mass is 9.65. The number of methoxy groups -OCH3 is 1. The summed E-state index contributed by atoms with van der Waals surface area (Å²) in [7, 11) is 3.13. The van der Waals surface area contributed by atoms with Gasteiger partial charge in [-0.15, -0.1) is 0 Å². The fraction of sp³-hybridized carbons (Fsp3) is 0.654. The van der Waals surface area contributed by atoms with Gasteiger partial charge in [0.15, 0.2) is 0 Å². The molecular formula is C26H37N3O6. The summed E-state index contributed by atoms with van der Waals surface area (Å²) in [5, 5.41) is 15.9. The molecule has 0 saturated carbocycles. The molecule has 3 amide bonds. The lowest BCUT2D eigenvalue weighted by molar-refractivity contribution is -0.149. The number of carbonyl (C=O) groups is 3. The topological polar surface area (TPSA) is 117 Å². The Bertz CT molecular complexity index is 982. The summed E-state index contributed by atoms with van der Waals surface area (Å²) >= 11 is 0. The fourth-order valence-corrected chi connectivity index (χ4v) is 6.61. The molecule has 6 atom stereocenters. The van der Waals surface area contributed by atoms with E-state index in [4.69, 9.17) is 9.47 Å². The summed E-state index contributed by atoms with van der Waals surface area (Å²) in [5.41, 5.74) is -1.34. The Balaban J connectivity index is 1.77. The Morgan fingerprint density at radius 2 is 1.91 bits per heavy atom. The van der Waals surface area contributed by atoms with Crippen LogP contribution in [-0.4, -0.2) is 71.8 Å². The van der Waals surface area contributed by atoms with Gasteiger partial charge in [0.05, 0.1) is 37.2 Å². The van der Waals surface area contributed by atoms with Gasteiger partial charge in [0, 0.05) is 12.7 Å². The van der Waals surface area contributed by atoms with E-state index < -0.39 is 35.1 Å². The average molecular weight is 488 g/mol. The summed E-state index contributed by atoms with van der Waals surface area (Å²) in [4.78, 5) is 42.5. The largest absolute Gasteiger partial charge is 0.497 e. The highest BCUT2D eigenvalue weighted by molar-refractivity contribution is 6.04. The number of rotatable bonds is 9. The standard InChI is InChI=1S/C26H37N3O6/c1-6-25-11-12-26(35-25)20(19(25)22(31)27-4)24(33)29(17(14-30)13-15(2)3)21(26)23(32)28-16-7-9-18(34-5)10-8-16/h7-10,15,17,19-21,30H,6,11-14H2,1-5H3,(H,27,31)(H,28,32)/t17-,19+,20+,21?,25-,26?/m1/s1. The first kappa shape index (κ1) is 25.4. The maximum absolute atomic E-state index is 14.1. The maximum Gasteiger partial charge on any atom is 0.250 e. The average Bonchev–Trinajstić information content (AvgIpc) is 3.46. The van der Waals surface area contributed by atoms with Crippen molar-refractivity contribution in [3.8, 4) is 5.75 Å². The van der Waals surface area contributed by atoms with Crippen LogP contribution in [0.3, 0.4) is 0 Å². The molecule has 3 saturated heterocycles. The zero-order chi connectivity index (χ0) is 25.5. The summed E-state index contributed by atoms with van der Waals surface area (Å²) in [5.74, 6) is -1.51. The van der Waals surface area contributed by atoms with Gasteiger partial charge in [-0.05, 0) is 55.9 Å². The molecule has 9 heteroatoms. The summed E-state index contributed by atoms with van der Waals surface area (Å²) in [6.45, 7) is 5.70. The second kappa shape index (κ2) is 9.43. The normalized spacial score (nSPS) is 32.0. The molecular weight excluding hydrogens is 450 g/mol. The quantitative estimate of drug-likeness (QED) is 0.490. The summed E-state index contributed by atoms with van der Waals surface area (Å²) < 4.78 is 11.9. The van der Waals surface area contributed by atoms with E-state index in [9.17, 15) is 19.5 Å². The van der Waals surface area contributed by atoms with Crippen molar-refractivity contribution >= 4 is 23.4 Å². The second-order valence-electron chi connectivity index (χ2n) is 10.4. The molecule has 3 N–H and O–H groups in total. The van der Waals surface area contributed by atoms with Gasteiger partial charge in [-0.3, -0.25) is 14.4 Å². The summed E-state index contributed by atoms with van der Waals surface area (Å²) in [6, 6.07) is 5.45. The van der Waals surface area contributed by atoms with Crippen LogP contribution in [0.15, 0.2) is 24.3 Å². The number of nitrogens with one attached hydrogen (secondary N) is 2. The van der Waals surface area contributed by atoms with E-state index >= 15 is 0 Å². The minimum absolute atomic E-state index is 0.192. The van der Waals surface area contributed by atoms with Gasteiger partial charge in [0.25, 0.3) is 0 Å². The number of ether oxygens (including phenoxy) is 2. The SMILES string of the molecule is CC[C@]12CCC3(O1)C(C(=O)Nc1ccc(OC)cc1)N([C@@H](CO)CC(C)C)C(=O)[C@@H]3[C@H]2C(=O)NC. The molecule has 3 aliphatic heterocycles. The number of aliphatic hydroxyl groups excluding tert-OH is 1. The predicted molar refractivity (Wildman–Crippen MR) is 130 cm³/mol. The number of benzene rings is 1. The van der Waals surface area contributed by atoms with Crippen molar-refractivity contribution < 1.29 is 29.0 Å². The number of aliphatic hydroxyl groups is 1. The molecule has 9 nitrogen and oxygen atoms in total. The van der Waals surface area contributed by atoms with Crippen LogP contribution in [0.2, 0.25) is 0 Å². The van der Waals surface area contributed by atoms with Crippen LogP contribution in [-0.2, 0) is 19.1 Å². The number of hydrogen-bond donors (Lipinski definition) is 3. The van der Waals surface area contributed by atoms with Crippen LogP contribution in [0.25, 0.3) is 0 Å². The van der Waals surface area contributed by atoms with E-state index in [2.05, 4.69) is 10.6 Å². The molecule has 2 unspecified atom stereocenters. The smallest absolute Gasteiger partial charge is 0.250 e. The fourth-order valence-electron chi connectivity index (χ4n) is 6.61. The van der Waals surface area contributed by atoms with Crippen LogP contribution in [0.1, 0.15) is 46.5 Å². The highest BCUT2D eigenvalue weighted by Crippen LogP contribution is 2.64.